The summed E-state index contributed by atoms with van der Waals surface area (Å²) in [7, 11) is 0.171. The van der Waals surface area contributed by atoms with Crippen LogP contribution in [0.15, 0.2) is 53.4 Å². The second-order valence-corrected chi connectivity index (χ2v) is 7.81. The van der Waals surface area contributed by atoms with Crippen LogP contribution in [-0.4, -0.2) is 46.4 Å². The summed E-state index contributed by atoms with van der Waals surface area (Å²) >= 11 is 0. The second-order valence-electron chi connectivity index (χ2n) is 6.05. The number of nitrogens with one attached hydrogen (secondary N) is 2. The van der Waals surface area contributed by atoms with Crippen molar-refractivity contribution in [2.45, 2.75) is 11.8 Å². The van der Waals surface area contributed by atoms with E-state index in [9.17, 15) is 13.2 Å². The highest BCUT2D eigenvalue weighted by Gasteiger charge is 2.14. The lowest BCUT2D eigenvalue weighted by Crippen LogP contribution is -2.31. The molecule has 2 rings (SSSR count). The van der Waals surface area contributed by atoms with E-state index in [1.807, 2.05) is 50.2 Å². The fraction of sp³-hybridized carbons (Fsp3) is 0.278. The Morgan fingerprint density at radius 3 is 2.16 bits per heavy atom. The van der Waals surface area contributed by atoms with Gasteiger partial charge in [0.05, 0.1) is 4.90 Å². The molecule has 1 amide bonds. The molecule has 0 radical (unpaired) electrons. The lowest BCUT2D eigenvalue weighted by Gasteiger charge is -2.11. The molecule has 7 heteroatoms. The van der Waals surface area contributed by atoms with Gasteiger partial charge < -0.3 is 10.2 Å². The highest BCUT2D eigenvalue weighted by atomic mass is 32.2. The molecular formula is C18H23N3O3S. The minimum absolute atomic E-state index is 0.137. The summed E-state index contributed by atoms with van der Waals surface area (Å²) in [6.45, 7) is 2.90. The van der Waals surface area contributed by atoms with Crippen LogP contribution in [0.1, 0.15) is 15.9 Å². The summed E-state index contributed by atoms with van der Waals surface area (Å²) in [5.41, 5.74) is 2.19. The van der Waals surface area contributed by atoms with Crippen molar-refractivity contribution in [3.05, 3.63) is 59.7 Å². The van der Waals surface area contributed by atoms with Crippen LogP contribution in [0.5, 0.6) is 0 Å². The Bertz CT molecular complexity index is 814. The average Bonchev–Trinajstić information content (AvgIpc) is 2.56. The normalized spacial score (nSPS) is 11.5. The number of anilines is 1. The Morgan fingerprint density at radius 2 is 1.60 bits per heavy atom. The molecule has 0 heterocycles. The first-order valence-corrected chi connectivity index (χ1v) is 9.39. The number of sulfonamides is 1. The third-order valence-corrected chi connectivity index (χ3v) is 5.06. The molecule has 2 aromatic carbocycles. The Labute approximate surface area is 148 Å². The molecule has 6 nitrogen and oxygen atoms in total. The monoisotopic (exact) mass is 361 g/mol. The summed E-state index contributed by atoms with van der Waals surface area (Å²) < 4.78 is 26.9. The molecule has 0 aliphatic heterocycles. The molecule has 0 aromatic heterocycles. The van der Waals surface area contributed by atoms with Gasteiger partial charge in [-0.15, -0.1) is 0 Å². The van der Waals surface area contributed by atoms with Crippen LogP contribution in [0, 0.1) is 6.92 Å². The molecule has 2 aromatic rings. The molecule has 0 bridgehead atoms. The van der Waals surface area contributed by atoms with Gasteiger partial charge in [-0.2, -0.15) is 0 Å². The second kappa shape index (κ2) is 8.24. The summed E-state index contributed by atoms with van der Waals surface area (Å²) in [4.78, 5) is 14.3. The number of hydrogen-bond acceptors (Lipinski definition) is 4. The molecule has 2 N–H and O–H groups in total. The number of benzene rings is 2. The van der Waals surface area contributed by atoms with E-state index >= 15 is 0 Å². The van der Waals surface area contributed by atoms with Crippen molar-refractivity contribution < 1.29 is 13.2 Å². The molecule has 0 saturated heterocycles. The fourth-order valence-corrected chi connectivity index (χ4v) is 3.13. The van der Waals surface area contributed by atoms with Gasteiger partial charge in [0.2, 0.25) is 10.0 Å². The molecular weight excluding hydrogens is 338 g/mol. The van der Waals surface area contributed by atoms with Crippen LogP contribution in [0.2, 0.25) is 0 Å². The van der Waals surface area contributed by atoms with Gasteiger partial charge in [-0.05, 0) is 57.4 Å². The topological polar surface area (TPSA) is 78.5 Å². The average molecular weight is 361 g/mol. The van der Waals surface area contributed by atoms with Gasteiger partial charge in [0.1, 0.15) is 0 Å². The first-order valence-electron chi connectivity index (χ1n) is 7.90. The van der Waals surface area contributed by atoms with Gasteiger partial charge in [0.25, 0.3) is 5.91 Å². The molecule has 0 aliphatic carbocycles. The van der Waals surface area contributed by atoms with Gasteiger partial charge in [-0.25, -0.2) is 13.1 Å². The van der Waals surface area contributed by atoms with Crippen LogP contribution in [0.3, 0.4) is 0 Å². The number of nitrogens with zero attached hydrogens (tertiary/aromatic N) is 1. The fourth-order valence-electron chi connectivity index (χ4n) is 2.11. The standard InChI is InChI=1S/C18H23N3O3S/c1-14-4-8-16(9-5-14)20-18(22)15-6-10-17(11-7-15)25(23,24)19-12-13-21(2)3/h4-11,19H,12-13H2,1-3H3,(H,20,22). The maximum atomic E-state index is 12.2. The van der Waals surface area contributed by atoms with Crippen LogP contribution in [0.25, 0.3) is 0 Å². The van der Waals surface area contributed by atoms with Gasteiger partial charge in [-0.1, -0.05) is 17.7 Å². The Kier molecular flexibility index (Phi) is 6.30. The maximum absolute atomic E-state index is 12.2. The van der Waals surface area contributed by atoms with E-state index in [-0.39, 0.29) is 10.8 Å². The van der Waals surface area contributed by atoms with Gasteiger partial charge in [0.15, 0.2) is 0 Å². The van der Waals surface area contributed by atoms with Crippen molar-refractivity contribution in [1.82, 2.24) is 9.62 Å². The molecule has 0 atom stereocenters. The van der Waals surface area contributed by atoms with E-state index in [0.29, 0.717) is 24.3 Å². The van der Waals surface area contributed by atoms with E-state index in [1.165, 1.54) is 24.3 Å². The van der Waals surface area contributed by atoms with Crippen molar-refractivity contribution in [2.24, 2.45) is 0 Å². The molecule has 0 fully saturated rings. The van der Waals surface area contributed by atoms with E-state index < -0.39 is 10.0 Å². The van der Waals surface area contributed by atoms with Crippen LogP contribution in [0.4, 0.5) is 5.69 Å². The zero-order chi connectivity index (χ0) is 18.4. The zero-order valence-corrected chi connectivity index (χ0v) is 15.4. The zero-order valence-electron chi connectivity index (χ0n) is 14.6. The Balaban J connectivity index is 2.03. The smallest absolute Gasteiger partial charge is 0.255 e. The van der Waals surface area contributed by atoms with E-state index in [0.717, 1.165) is 5.56 Å². The molecule has 134 valence electrons. The highest BCUT2D eigenvalue weighted by molar-refractivity contribution is 7.89. The number of rotatable bonds is 7. The summed E-state index contributed by atoms with van der Waals surface area (Å²) in [5.74, 6) is -0.284. The molecule has 0 saturated carbocycles. The van der Waals surface area contributed by atoms with Crippen LogP contribution >= 0.6 is 0 Å². The summed E-state index contributed by atoms with van der Waals surface area (Å²) in [6.07, 6.45) is 0. The molecule has 25 heavy (non-hydrogen) atoms. The lowest BCUT2D eigenvalue weighted by molar-refractivity contribution is 0.102. The van der Waals surface area contributed by atoms with E-state index in [1.54, 1.807) is 0 Å². The maximum Gasteiger partial charge on any atom is 0.255 e. The lowest BCUT2D eigenvalue weighted by atomic mass is 10.2. The number of carbonyl (C=O) groups excluding carboxylic acids is 1. The Morgan fingerprint density at radius 1 is 1.00 bits per heavy atom. The molecule has 0 unspecified atom stereocenters. The minimum atomic E-state index is -3.57. The van der Waals surface area contributed by atoms with Crippen LogP contribution in [-0.2, 0) is 10.0 Å². The molecule has 0 aliphatic rings. The third kappa shape index (κ3) is 5.67. The quantitative estimate of drug-likeness (QED) is 0.791. The first kappa shape index (κ1) is 19.1. The molecule has 0 spiro atoms. The van der Waals surface area contributed by atoms with Crippen molar-refractivity contribution >= 4 is 21.6 Å². The largest absolute Gasteiger partial charge is 0.322 e. The number of carbonyl (C=O) groups is 1. The van der Waals surface area contributed by atoms with Crippen molar-refractivity contribution in [3.63, 3.8) is 0 Å². The van der Waals surface area contributed by atoms with E-state index in [4.69, 9.17) is 0 Å². The predicted octanol–water partition coefficient (Wildman–Crippen LogP) is 2.09. The summed E-state index contributed by atoms with van der Waals surface area (Å²) in [6, 6.07) is 13.3. The minimum Gasteiger partial charge on any atom is -0.322 e. The number of hydrogen-bond donors (Lipinski definition) is 2. The van der Waals surface area contributed by atoms with E-state index in [2.05, 4.69) is 10.0 Å². The summed E-state index contributed by atoms with van der Waals surface area (Å²) in [5, 5.41) is 2.78. The SMILES string of the molecule is Cc1ccc(NC(=O)c2ccc(S(=O)(=O)NCCN(C)C)cc2)cc1. The van der Waals surface area contributed by atoms with Gasteiger partial charge >= 0.3 is 0 Å². The third-order valence-electron chi connectivity index (χ3n) is 3.59. The number of amides is 1. The Hall–Kier alpha value is -2.22. The number of likely N-dealkylation sites (N-methyl/N-ethyl adjacent to an activating group) is 1. The van der Waals surface area contributed by atoms with Crippen molar-refractivity contribution in [1.29, 1.82) is 0 Å². The predicted molar refractivity (Wildman–Crippen MR) is 99.3 cm³/mol. The van der Waals surface area contributed by atoms with Crippen LogP contribution < -0.4 is 10.0 Å². The van der Waals surface area contributed by atoms with Crippen molar-refractivity contribution in [2.75, 3.05) is 32.5 Å². The van der Waals surface area contributed by atoms with Gasteiger partial charge in [-0.3, -0.25) is 4.79 Å². The van der Waals surface area contributed by atoms with Gasteiger partial charge in [0, 0.05) is 24.3 Å². The van der Waals surface area contributed by atoms with Crippen molar-refractivity contribution in [3.8, 4) is 0 Å². The number of aryl methyl sites for hydroxylation is 1. The first-order chi connectivity index (χ1) is 11.8. The highest BCUT2D eigenvalue weighted by Crippen LogP contribution is 2.13.